The third-order valence-electron chi connectivity index (χ3n) is 2.47. The minimum atomic E-state index is 0.592. The van der Waals surface area contributed by atoms with Crippen LogP contribution in [0.25, 0.3) is 11.1 Å². The maximum absolute atomic E-state index is 6.14. The molecule has 0 radical (unpaired) electrons. The molecular formula is C13H11Cl2NO. The molecule has 0 aliphatic carbocycles. The molecule has 0 saturated carbocycles. The normalized spacial score (nSPS) is 10.3. The Bertz CT molecular complexity index is 555. The minimum absolute atomic E-state index is 0.592. The van der Waals surface area contributed by atoms with E-state index in [0.29, 0.717) is 21.5 Å². The van der Waals surface area contributed by atoms with Crippen molar-refractivity contribution in [3.8, 4) is 16.9 Å². The summed E-state index contributed by atoms with van der Waals surface area (Å²) in [4.78, 5) is 0. The number of ether oxygens (including phenoxy) is 1. The molecule has 0 saturated heterocycles. The van der Waals surface area contributed by atoms with Gasteiger partial charge in [-0.3, -0.25) is 0 Å². The van der Waals surface area contributed by atoms with E-state index < -0.39 is 0 Å². The summed E-state index contributed by atoms with van der Waals surface area (Å²) in [6.07, 6.45) is 0. The van der Waals surface area contributed by atoms with Gasteiger partial charge in [0.15, 0.2) is 0 Å². The number of methoxy groups -OCH3 is 1. The Labute approximate surface area is 110 Å². The van der Waals surface area contributed by atoms with E-state index in [9.17, 15) is 0 Å². The van der Waals surface area contributed by atoms with Gasteiger partial charge in [0.25, 0.3) is 0 Å². The van der Waals surface area contributed by atoms with E-state index in [2.05, 4.69) is 0 Å². The van der Waals surface area contributed by atoms with Crippen LogP contribution in [0.15, 0.2) is 36.4 Å². The molecule has 2 aromatic carbocycles. The van der Waals surface area contributed by atoms with Gasteiger partial charge in [0.1, 0.15) is 5.75 Å². The second kappa shape index (κ2) is 4.86. The molecule has 0 aliphatic heterocycles. The summed E-state index contributed by atoms with van der Waals surface area (Å²) in [6, 6.07) is 10.8. The Hall–Kier alpha value is -1.38. The van der Waals surface area contributed by atoms with Crippen LogP contribution < -0.4 is 10.5 Å². The Morgan fingerprint density at radius 2 is 1.82 bits per heavy atom. The Kier molecular flexibility index (Phi) is 3.46. The summed E-state index contributed by atoms with van der Waals surface area (Å²) < 4.78 is 5.18. The lowest BCUT2D eigenvalue weighted by molar-refractivity contribution is 0.417. The first-order chi connectivity index (χ1) is 8.11. The summed E-state index contributed by atoms with van der Waals surface area (Å²) in [5.41, 5.74) is 8.13. The molecular weight excluding hydrogens is 257 g/mol. The van der Waals surface area contributed by atoms with Gasteiger partial charge in [-0.1, -0.05) is 29.3 Å². The second-order valence-electron chi connectivity index (χ2n) is 3.58. The highest BCUT2D eigenvalue weighted by molar-refractivity contribution is 6.35. The zero-order valence-corrected chi connectivity index (χ0v) is 10.7. The molecule has 4 heteroatoms. The summed E-state index contributed by atoms with van der Waals surface area (Å²) in [5.74, 6) is 0.624. The number of anilines is 1. The van der Waals surface area contributed by atoms with Gasteiger partial charge in [-0.05, 0) is 35.9 Å². The van der Waals surface area contributed by atoms with Crippen molar-refractivity contribution in [1.29, 1.82) is 0 Å². The Balaban J connectivity index is 2.56. The third kappa shape index (κ3) is 2.48. The van der Waals surface area contributed by atoms with Crippen LogP contribution in [0.2, 0.25) is 10.0 Å². The fourth-order valence-electron chi connectivity index (χ4n) is 1.60. The molecule has 0 unspecified atom stereocenters. The number of rotatable bonds is 2. The van der Waals surface area contributed by atoms with E-state index in [0.717, 1.165) is 11.1 Å². The van der Waals surface area contributed by atoms with Crippen molar-refractivity contribution in [2.24, 2.45) is 0 Å². The Morgan fingerprint density at radius 1 is 1.06 bits per heavy atom. The Morgan fingerprint density at radius 3 is 2.53 bits per heavy atom. The summed E-state index contributed by atoms with van der Waals surface area (Å²) >= 11 is 12.1. The molecule has 0 aliphatic rings. The van der Waals surface area contributed by atoms with E-state index >= 15 is 0 Å². The van der Waals surface area contributed by atoms with Crippen molar-refractivity contribution in [2.75, 3.05) is 12.8 Å². The van der Waals surface area contributed by atoms with E-state index in [4.69, 9.17) is 33.7 Å². The van der Waals surface area contributed by atoms with Crippen molar-refractivity contribution in [3.63, 3.8) is 0 Å². The highest BCUT2D eigenvalue weighted by Crippen LogP contribution is 2.34. The van der Waals surface area contributed by atoms with E-state index in [1.807, 2.05) is 18.2 Å². The molecule has 0 atom stereocenters. The molecule has 88 valence electrons. The molecule has 0 heterocycles. The van der Waals surface area contributed by atoms with Crippen LogP contribution in [0.4, 0.5) is 5.69 Å². The highest BCUT2D eigenvalue weighted by atomic mass is 35.5. The maximum Gasteiger partial charge on any atom is 0.142 e. The van der Waals surface area contributed by atoms with Crippen LogP contribution in [-0.2, 0) is 0 Å². The molecule has 2 aromatic rings. The largest absolute Gasteiger partial charge is 0.495 e. The van der Waals surface area contributed by atoms with Crippen LogP contribution in [0.5, 0.6) is 5.75 Å². The summed E-state index contributed by atoms with van der Waals surface area (Å²) in [5, 5.41) is 1.28. The molecule has 0 fully saturated rings. The summed E-state index contributed by atoms with van der Waals surface area (Å²) in [7, 11) is 1.58. The van der Waals surface area contributed by atoms with Crippen LogP contribution >= 0.6 is 23.2 Å². The highest BCUT2D eigenvalue weighted by Gasteiger charge is 2.07. The van der Waals surface area contributed by atoms with Gasteiger partial charge in [0.05, 0.1) is 12.8 Å². The number of benzene rings is 2. The van der Waals surface area contributed by atoms with Gasteiger partial charge in [-0.2, -0.15) is 0 Å². The van der Waals surface area contributed by atoms with E-state index in [-0.39, 0.29) is 0 Å². The fourth-order valence-corrected chi connectivity index (χ4v) is 2.00. The van der Waals surface area contributed by atoms with Crippen LogP contribution in [0.3, 0.4) is 0 Å². The predicted molar refractivity (Wildman–Crippen MR) is 72.9 cm³/mol. The zero-order chi connectivity index (χ0) is 12.4. The lowest BCUT2D eigenvalue weighted by Gasteiger charge is -2.09. The monoisotopic (exact) mass is 267 g/mol. The zero-order valence-electron chi connectivity index (χ0n) is 9.21. The molecule has 0 spiro atoms. The van der Waals surface area contributed by atoms with Gasteiger partial charge in [-0.15, -0.1) is 0 Å². The number of nitrogens with two attached hydrogens (primary N) is 1. The van der Waals surface area contributed by atoms with Crippen molar-refractivity contribution in [1.82, 2.24) is 0 Å². The molecule has 17 heavy (non-hydrogen) atoms. The van der Waals surface area contributed by atoms with Gasteiger partial charge in [0, 0.05) is 15.6 Å². The number of hydrogen-bond acceptors (Lipinski definition) is 2. The van der Waals surface area contributed by atoms with E-state index in [1.54, 1.807) is 25.3 Å². The minimum Gasteiger partial charge on any atom is -0.495 e. The van der Waals surface area contributed by atoms with Crippen LogP contribution in [-0.4, -0.2) is 7.11 Å². The molecule has 0 bridgehead atoms. The first-order valence-corrected chi connectivity index (χ1v) is 5.76. The van der Waals surface area contributed by atoms with Crippen LogP contribution in [0.1, 0.15) is 0 Å². The second-order valence-corrected chi connectivity index (χ2v) is 4.42. The quantitative estimate of drug-likeness (QED) is 0.826. The molecule has 2 nitrogen and oxygen atoms in total. The topological polar surface area (TPSA) is 35.2 Å². The first-order valence-electron chi connectivity index (χ1n) is 5.01. The lowest BCUT2D eigenvalue weighted by Crippen LogP contribution is -1.92. The van der Waals surface area contributed by atoms with Gasteiger partial charge >= 0.3 is 0 Å². The number of hydrogen-bond donors (Lipinski definition) is 1. The van der Waals surface area contributed by atoms with Crippen LogP contribution in [0, 0.1) is 0 Å². The average molecular weight is 268 g/mol. The summed E-state index contributed by atoms with van der Waals surface area (Å²) in [6.45, 7) is 0. The van der Waals surface area contributed by atoms with Crippen molar-refractivity contribution in [3.05, 3.63) is 46.4 Å². The molecule has 0 amide bonds. The molecule has 2 N–H and O–H groups in total. The van der Waals surface area contributed by atoms with Crippen molar-refractivity contribution in [2.45, 2.75) is 0 Å². The average Bonchev–Trinajstić information content (AvgIpc) is 2.33. The van der Waals surface area contributed by atoms with E-state index in [1.165, 1.54) is 0 Å². The smallest absolute Gasteiger partial charge is 0.142 e. The SMILES string of the molecule is COc1cc(-c2cc(Cl)ccc2Cl)ccc1N. The number of nitrogen functional groups attached to an aromatic ring is 1. The lowest BCUT2D eigenvalue weighted by atomic mass is 10.0. The number of halogens is 2. The predicted octanol–water partition coefficient (Wildman–Crippen LogP) is 4.25. The third-order valence-corrected chi connectivity index (χ3v) is 3.04. The molecule has 0 aromatic heterocycles. The fraction of sp³-hybridized carbons (Fsp3) is 0.0769. The maximum atomic E-state index is 6.14. The molecule has 2 rings (SSSR count). The van der Waals surface area contributed by atoms with Gasteiger partial charge < -0.3 is 10.5 Å². The first kappa shape index (κ1) is 12.1. The van der Waals surface area contributed by atoms with Gasteiger partial charge in [-0.25, -0.2) is 0 Å². The standard InChI is InChI=1S/C13H11Cl2NO/c1-17-13-6-8(2-5-12(13)16)10-7-9(14)3-4-11(10)15/h2-7H,16H2,1H3. The van der Waals surface area contributed by atoms with Crippen molar-refractivity contribution < 1.29 is 4.74 Å². The van der Waals surface area contributed by atoms with Gasteiger partial charge in [0.2, 0.25) is 0 Å². The van der Waals surface area contributed by atoms with Crippen molar-refractivity contribution >= 4 is 28.9 Å².